The lowest BCUT2D eigenvalue weighted by Gasteiger charge is -2.39. The summed E-state index contributed by atoms with van der Waals surface area (Å²) in [6.45, 7) is 7.49. The van der Waals surface area contributed by atoms with E-state index in [1.807, 2.05) is 17.1 Å². The summed E-state index contributed by atoms with van der Waals surface area (Å²) in [5, 5.41) is 9.26. The van der Waals surface area contributed by atoms with Gasteiger partial charge in [-0.1, -0.05) is 12.2 Å². The number of carbonyl (C=O) groups is 2. The minimum atomic E-state index is -0.853. The van der Waals surface area contributed by atoms with Crippen molar-refractivity contribution in [1.82, 2.24) is 9.80 Å². The molecule has 20 heavy (non-hydrogen) atoms. The van der Waals surface area contributed by atoms with Gasteiger partial charge < -0.3 is 10.0 Å². The van der Waals surface area contributed by atoms with Crippen LogP contribution in [-0.4, -0.2) is 59.0 Å². The summed E-state index contributed by atoms with van der Waals surface area (Å²) in [4.78, 5) is 28.0. The molecule has 1 aliphatic heterocycles. The lowest BCUT2D eigenvalue weighted by molar-refractivity contribution is -0.151. The van der Waals surface area contributed by atoms with E-state index in [1.54, 1.807) is 0 Å². The van der Waals surface area contributed by atoms with Crippen molar-refractivity contribution in [2.45, 2.75) is 32.7 Å². The quantitative estimate of drug-likeness (QED) is 0.789. The van der Waals surface area contributed by atoms with Crippen molar-refractivity contribution in [2.24, 2.45) is 11.8 Å². The molecule has 0 bridgehead atoms. The molecule has 1 N–H and O–H groups in total. The molecule has 5 nitrogen and oxygen atoms in total. The van der Waals surface area contributed by atoms with E-state index < -0.39 is 11.9 Å². The Bertz CT molecular complexity index is 398. The van der Waals surface area contributed by atoms with Crippen LogP contribution >= 0.6 is 0 Å². The molecule has 0 aromatic carbocycles. The third-order valence-corrected chi connectivity index (χ3v) is 4.42. The molecule has 2 rings (SSSR count). The van der Waals surface area contributed by atoms with Crippen molar-refractivity contribution in [3.63, 3.8) is 0 Å². The molecule has 2 aliphatic rings. The summed E-state index contributed by atoms with van der Waals surface area (Å²) in [7, 11) is 0. The van der Waals surface area contributed by atoms with E-state index in [-0.39, 0.29) is 11.8 Å². The first kappa shape index (κ1) is 15.0. The van der Waals surface area contributed by atoms with Crippen LogP contribution in [0, 0.1) is 11.8 Å². The highest BCUT2D eigenvalue weighted by Crippen LogP contribution is 2.28. The summed E-state index contributed by atoms with van der Waals surface area (Å²) in [5.74, 6) is -1.78. The first-order valence-corrected chi connectivity index (χ1v) is 7.41. The van der Waals surface area contributed by atoms with Gasteiger partial charge in [-0.05, 0) is 26.7 Å². The molecule has 112 valence electrons. The molecule has 0 radical (unpaired) electrons. The normalized spacial score (nSPS) is 27.9. The van der Waals surface area contributed by atoms with Gasteiger partial charge in [0, 0.05) is 32.2 Å². The number of carbonyl (C=O) groups excluding carboxylic acids is 1. The van der Waals surface area contributed by atoms with Gasteiger partial charge in [0.15, 0.2) is 0 Å². The predicted octanol–water partition coefficient (Wildman–Crippen LogP) is 1.21. The van der Waals surface area contributed by atoms with E-state index in [2.05, 4.69) is 18.7 Å². The molecule has 0 saturated carbocycles. The number of hydrogen-bond donors (Lipinski definition) is 1. The molecule has 1 aliphatic carbocycles. The average molecular weight is 280 g/mol. The second-order valence-electron chi connectivity index (χ2n) is 5.95. The summed E-state index contributed by atoms with van der Waals surface area (Å²) in [5.41, 5.74) is 0. The maximum Gasteiger partial charge on any atom is 0.307 e. The fourth-order valence-electron chi connectivity index (χ4n) is 3.05. The summed E-state index contributed by atoms with van der Waals surface area (Å²) in [6.07, 6.45) is 4.84. The summed E-state index contributed by atoms with van der Waals surface area (Å²) < 4.78 is 0. The van der Waals surface area contributed by atoms with Gasteiger partial charge in [-0.3, -0.25) is 14.5 Å². The van der Waals surface area contributed by atoms with Gasteiger partial charge >= 0.3 is 5.97 Å². The zero-order chi connectivity index (χ0) is 14.7. The minimum absolute atomic E-state index is 0.0187. The molecule has 1 heterocycles. The third kappa shape index (κ3) is 3.20. The van der Waals surface area contributed by atoms with Gasteiger partial charge in [-0.15, -0.1) is 0 Å². The number of amides is 1. The van der Waals surface area contributed by atoms with Crippen molar-refractivity contribution < 1.29 is 14.7 Å². The molecular weight excluding hydrogens is 256 g/mol. The number of allylic oxidation sites excluding steroid dienone is 2. The van der Waals surface area contributed by atoms with Crippen LogP contribution in [0.15, 0.2) is 12.2 Å². The monoisotopic (exact) mass is 280 g/mol. The lowest BCUT2D eigenvalue weighted by Crippen LogP contribution is -2.53. The Balaban J connectivity index is 1.97. The molecule has 0 aromatic rings. The number of aliphatic carboxylic acids is 1. The fraction of sp³-hybridized carbons (Fsp3) is 0.733. The van der Waals surface area contributed by atoms with E-state index in [1.165, 1.54) is 0 Å². The Morgan fingerprint density at radius 2 is 1.60 bits per heavy atom. The maximum absolute atomic E-state index is 12.6. The molecule has 2 atom stereocenters. The Morgan fingerprint density at radius 1 is 1.05 bits per heavy atom. The second-order valence-corrected chi connectivity index (χ2v) is 5.95. The number of nitrogens with zero attached hydrogens (tertiary/aromatic N) is 2. The summed E-state index contributed by atoms with van der Waals surface area (Å²) >= 11 is 0. The Labute approximate surface area is 120 Å². The molecule has 1 amide bonds. The van der Waals surface area contributed by atoms with Crippen molar-refractivity contribution in [3.8, 4) is 0 Å². The SMILES string of the molecule is CC(C)N1CCN(C(=O)[C@@H]2CC=CC[C@@H]2C(=O)O)CC1. The molecule has 0 aromatic heterocycles. The molecule has 5 heteroatoms. The van der Waals surface area contributed by atoms with Crippen molar-refractivity contribution in [1.29, 1.82) is 0 Å². The van der Waals surface area contributed by atoms with Crippen LogP contribution < -0.4 is 0 Å². The van der Waals surface area contributed by atoms with Crippen LogP contribution in [0.4, 0.5) is 0 Å². The smallest absolute Gasteiger partial charge is 0.307 e. The number of hydrogen-bond acceptors (Lipinski definition) is 3. The first-order chi connectivity index (χ1) is 9.50. The highest BCUT2D eigenvalue weighted by Gasteiger charge is 2.37. The third-order valence-electron chi connectivity index (χ3n) is 4.42. The average Bonchev–Trinajstić information content (AvgIpc) is 2.46. The van der Waals surface area contributed by atoms with Gasteiger partial charge in [-0.2, -0.15) is 0 Å². The van der Waals surface area contributed by atoms with Gasteiger partial charge in [0.1, 0.15) is 0 Å². The van der Waals surface area contributed by atoms with Crippen LogP contribution in [-0.2, 0) is 9.59 Å². The lowest BCUT2D eigenvalue weighted by atomic mass is 9.82. The van der Waals surface area contributed by atoms with E-state index in [4.69, 9.17) is 0 Å². The minimum Gasteiger partial charge on any atom is -0.481 e. The largest absolute Gasteiger partial charge is 0.481 e. The second kappa shape index (κ2) is 6.39. The Morgan fingerprint density at radius 3 is 2.10 bits per heavy atom. The molecular formula is C15H24N2O3. The van der Waals surface area contributed by atoms with Crippen molar-refractivity contribution in [3.05, 3.63) is 12.2 Å². The van der Waals surface area contributed by atoms with Crippen molar-refractivity contribution >= 4 is 11.9 Å². The van der Waals surface area contributed by atoms with Crippen LogP contribution in [0.1, 0.15) is 26.7 Å². The zero-order valence-electron chi connectivity index (χ0n) is 12.3. The van der Waals surface area contributed by atoms with Crippen LogP contribution in [0.3, 0.4) is 0 Å². The molecule has 0 unspecified atom stereocenters. The Kier molecular flexibility index (Phi) is 4.81. The van der Waals surface area contributed by atoms with Crippen molar-refractivity contribution in [2.75, 3.05) is 26.2 Å². The Hall–Kier alpha value is -1.36. The standard InChI is InChI=1S/C15H24N2O3/c1-11(2)16-7-9-17(10-8-16)14(18)12-5-3-4-6-13(12)15(19)20/h3-4,11-13H,5-10H2,1-2H3,(H,19,20)/t12-,13+/m1/s1. The van der Waals surface area contributed by atoms with Gasteiger partial charge in [0.25, 0.3) is 0 Å². The van der Waals surface area contributed by atoms with Crippen LogP contribution in [0.2, 0.25) is 0 Å². The first-order valence-electron chi connectivity index (χ1n) is 7.41. The van der Waals surface area contributed by atoms with E-state index in [0.29, 0.717) is 32.0 Å². The number of piperazine rings is 1. The van der Waals surface area contributed by atoms with Gasteiger partial charge in [0.05, 0.1) is 11.8 Å². The van der Waals surface area contributed by atoms with Crippen LogP contribution in [0.25, 0.3) is 0 Å². The molecule has 1 saturated heterocycles. The van der Waals surface area contributed by atoms with E-state index >= 15 is 0 Å². The van der Waals surface area contributed by atoms with E-state index in [9.17, 15) is 14.7 Å². The highest BCUT2D eigenvalue weighted by atomic mass is 16.4. The fourth-order valence-corrected chi connectivity index (χ4v) is 3.05. The predicted molar refractivity (Wildman–Crippen MR) is 76.3 cm³/mol. The number of carboxylic acid groups (broad SMARTS) is 1. The summed E-state index contributed by atoms with van der Waals surface area (Å²) in [6, 6.07) is 0.497. The van der Waals surface area contributed by atoms with E-state index in [0.717, 1.165) is 13.1 Å². The maximum atomic E-state index is 12.6. The van der Waals surface area contributed by atoms with Gasteiger partial charge in [-0.25, -0.2) is 0 Å². The molecule has 1 fully saturated rings. The number of rotatable bonds is 3. The molecule has 0 spiro atoms. The van der Waals surface area contributed by atoms with Crippen LogP contribution in [0.5, 0.6) is 0 Å². The number of carboxylic acids is 1. The van der Waals surface area contributed by atoms with Gasteiger partial charge in [0.2, 0.25) is 5.91 Å². The highest BCUT2D eigenvalue weighted by molar-refractivity contribution is 5.85. The zero-order valence-corrected chi connectivity index (χ0v) is 12.3. The topological polar surface area (TPSA) is 60.9 Å².